The van der Waals surface area contributed by atoms with Crippen molar-refractivity contribution < 1.29 is 4.79 Å². The number of hydrogen-bond acceptors (Lipinski definition) is 3. The van der Waals surface area contributed by atoms with Gasteiger partial charge in [-0.1, -0.05) is 43.7 Å². The zero-order valence-electron chi connectivity index (χ0n) is 15.7. The summed E-state index contributed by atoms with van der Waals surface area (Å²) >= 11 is 0. The van der Waals surface area contributed by atoms with Gasteiger partial charge in [0.15, 0.2) is 0 Å². The molecule has 0 spiro atoms. The van der Waals surface area contributed by atoms with Gasteiger partial charge in [-0.05, 0) is 31.4 Å². The molecule has 1 aliphatic rings. The predicted molar refractivity (Wildman–Crippen MR) is 104 cm³/mol. The lowest BCUT2D eigenvalue weighted by Crippen LogP contribution is -2.49. The number of imidazole rings is 1. The Kier molecular flexibility index (Phi) is 6.83. The second-order valence-electron chi connectivity index (χ2n) is 7.00. The highest BCUT2D eigenvalue weighted by Crippen LogP contribution is 2.19. The number of piperidine rings is 1. The predicted octanol–water partition coefficient (Wildman–Crippen LogP) is 3.01. The lowest BCUT2D eigenvalue weighted by Gasteiger charge is -2.34. The molecule has 0 radical (unpaired) electrons. The van der Waals surface area contributed by atoms with Crippen LogP contribution in [0.15, 0.2) is 42.7 Å². The lowest BCUT2D eigenvalue weighted by molar-refractivity contribution is -0.127. The zero-order valence-corrected chi connectivity index (χ0v) is 15.7. The van der Waals surface area contributed by atoms with Gasteiger partial charge in [0.1, 0.15) is 5.82 Å². The SMILES string of the molecule is CCc1nccn1CCCNC(=O)[C@@H]1CCCCN1Cc1ccccc1. The summed E-state index contributed by atoms with van der Waals surface area (Å²) in [6.45, 7) is 5.60. The van der Waals surface area contributed by atoms with Crippen molar-refractivity contribution in [3.63, 3.8) is 0 Å². The van der Waals surface area contributed by atoms with Gasteiger partial charge < -0.3 is 9.88 Å². The molecular formula is C21H30N4O. The summed E-state index contributed by atoms with van der Waals surface area (Å²) in [5.41, 5.74) is 1.28. The van der Waals surface area contributed by atoms with Crippen molar-refractivity contribution in [2.24, 2.45) is 0 Å². The van der Waals surface area contributed by atoms with Crippen molar-refractivity contribution in [3.8, 4) is 0 Å². The van der Waals surface area contributed by atoms with Gasteiger partial charge in [-0.15, -0.1) is 0 Å². The van der Waals surface area contributed by atoms with Crippen LogP contribution in [0.5, 0.6) is 0 Å². The average molecular weight is 354 g/mol. The summed E-state index contributed by atoms with van der Waals surface area (Å²) in [5.74, 6) is 1.29. The highest BCUT2D eigenvalue weighted by atomic mass is 16.2. The molecule has 1 N–H and O–H groups in total. The van der Waals surface area contributed by atoms with E-state index in [2.05, 4.69) is 51.0 Å². The first-order valence-corrected chi connectivity index (χ1v) is 9.83. The molecule has 1 aliphatic heterocycles. The Labute approximate surface area is 156 Å². The average Bonchev–Trinajstić information content (AvgIpc) is 3.14. The molecule has 2 aromatic rings. The molecule has 1 aromatic heterocycles. The van der Waals surface area contributed by atoms with Gasteiger partial charge in [0.2, 0.25) is 5.91 Å². The molecule has 0 bridgehead atoms. The zero-order chi connectivity index (χ0) is 18.2. The third-order valence-corrected chi connectivity index (χ3v) is 5.14. The van der Waals surface area contributed by atoms with Crippen LogP contribution < -0.4 is 5.32 Å². The lowest BCUT2D eigenvalue weighted by atomic mass is 10.0. The molecule has 1 fully saturated rings. The number of likely N-dealkylation sites (tertiary alicyclic amines) is 1. The maximum Gasteiger partial charge on any atom is 0.237 e. The van der Waals surface area contributed by atoms with Crippen LogP contribution in [-0.2, 0) is 24.3 Å². The van der Waals surface area contributed by atoms with Crippen LogP contribution in [0.3, 0.4) is 0 Å². The molecule has 5 nitrogen and oxygen atoms in total. The minimum atomic E-state index is 0.00315. The number of rotatable bonds is 8. The molecular weight excluding hydrogens is 324 g/mol. The minimum Gasteiger partial charge on any atom is -0.355 e. The number of hydrogen-bond donors (Lipinski definition) is 1. The highest BCUT2D eigenvalue weighted by molar-refractivity contribution is 5.81. The normalized spacial score (nSPS) is 18.0. The van der Waals surface area contributed by atoms with E-state index in [0.29, 0.717) is 0 Å². The molecule has 0 unspecified atom stereocenters. The van der Waals surface area contributed by atoms with Crippen LogP contribution in [0.1, 0.15) is 44.0 Å². The largest absolute Gasteiger partial charge is 0.355 e. The maximum atomic E-state index is 12.7. The smallest absolute Gasteiger partial charge is 0.237 e. The summed E-state index contributed by atoms with van der Waals surface area (Å²) in [5, 5.41) is 3.15. The molecule has 1 atom stereocenters. The van der Waals surface area contributed by atoms with Crippen LogP contribution in [0.4, 0.5) is 0 Å². The van der Waals surface area contributed by atoms with E-state index in [0.717, 1.165) is 57.7 Å². The van der Waals surface area contributed by atoms with E-state index >= 15 is 0 Å². The molecule has 1 amide bonds. The van der Waals surface area contributed by atoms with Gasteiger partial charge in [0, 0.05) is 38.4 Å². The van der Waals surface area contributed by atoms with Crippen molar-refractivity contribution in [3.05, 3.63) is 54.1 Å². The molecule has 26 heavy (non-hydrogen) atoms. The number of carbonyl (C=O) groups is 1. The summed E-state index contributed by atoms with van der Waals surface area (Å²) < 4.78 is 2.18. The quantitative estimate of drug-likeness (QED) is 0.742. The second kappa shape index (κ2) is 9.53. The van der Waals surface area contributed by atoms with Crippen molar-refractivity contribution in [1.82, 2.24) is 19.8 Å². The number of benzene rings is 1. The highest BCUT2D eigenvalue weighted by Gasteiger charge is 2.28. The first kappa shape index (κ1) is 18.6. The minimum absolute atomic E-state index is 0.00315. The molecule has 3 rings (SSSR count). The van der Waals surface area contributed by atoms with Gasteiger partial charge >= 0.3 is 0 Å². The molecule has 1 saturated heterocycles. The standard InChI is InChI=1S/C21H30N4O/c1-2-20-22-13-16-24(20)15-8-12-23-21(26)19-11-6-7-14-25(19)17-18-9-4-3-5-10-18/h3-5,9-10,13,16,19H,2,6-8,11-12,14-15,17H2,1H3,(H,23,26)/t19-/m0/s1. The van der Waals surface area contributed by atoms with E-state index in [-0.39, 0.29) is 11.9 Å². The third-order valence-electron chi connectivity index (χ3n) is 5.14. The fraction of sp³-hybridized carbons (Fsp3) is 0.524. The van der Waals surface area contributed by atoms with Crippen LogP contribution in [0.25, 0.3) is 0 Å². The summed E-state index contributed by atoms with van der Waals surface area (Å²) in [6, 6.07) is 10.4. The van der Waals surface area contributed by atoms with Gasteiger partial charge in [-0.2, -0.15) is 0 Å². The first-order valence-electron chi connectivity index (χ1n) is 9.83. The summed E-state index contributed by atoms with van der Waals surface area (Å²) in [4.78, 5) is 19.4. The Morgan fingerprint density at radius 1 is 1.27 bits per heavy atom. The second-order valence-corrected chi connectivity index (χ2v) is 7.00. The molecule has 1 aromatic carbocycles. The topological polar surface area (TPSA) is 50.2 Å². The van der Waals surface area contributed by atoms with E-state index in [9.17, 15) is 4.79 Å². The Balaban J connectivity index is 1.47. The van der Waals surface area contributed by atoms with Crippen LogP contribution >= 0.6 is 0 Å². The summed E-state index contributed by atoms with van der Waals surface area (Å²) in [6.07, 6.45) is 9.01. The number of nitrogens with zero attached hydrogens (tertiary/aromatic N) is 3. The number of aryl methyl sites for hydroxylation is 2. The van der Waals surface area contributed by atoms with Crippen molar-refractivity contribution in [1.29, 1.82) is 0 Å². The number of carbonyl (C=O) groups excluding carboxylic acids is 1. The number of aromatic nitrogens is 2. The van der Waals surface area contributed by atoms with Crippen LogP contribution in [-0.4, -0.2) is 39.5 Å². The third kappa shape index (κ3) is 4.94. The van der Waals surface area contributed by atoms with Gasteiger partial charge in [0.05, 0.1) is 6.04 Å². The molecule has 140 valence electrons. The molecule has 5 heteroatoms. The first-order chi connectivity index (χ1) is 12.8. The van der Waals surface area contributed by atoms with E-state index in [4.69, 9.17) is 0 Å². The van der Waals surface area contributed by atoms with Crippen LogP contribution in [0.2, 0.25) is 0 Å². The van der Waals surface area contributed by atoms with Gasteiger partial charge in [0.25, 0.3) is 0 Å². The van der Waals surface area contributed by atoms with E-state index in [1.54, 1.807) is 0 Å². The fourth-order valence-corrected chi connectivity index (χ4v) is 3.73. The van der Waals surface area contributed by atoms with E-state index in [1.165, 1.54) is 12.0 Å². The Morgan fingerprint density at radius 2 is 2.12 bits per heavy atom. The Bertz CT molecular complexity index is 682. The fourth-order valence-electron chi connectivity index (χ4n) is 3.73. The number of amides is 1. The van der Waals surface area contributed by atoms with Gasteiger partial charge in [-0.25, -0.2) is 4.98 Å². The van der Waals surface area contributed by atoms with E-state index < -0.39 is 0 Å². The van der Waals surface area contributed by atoms with E-state index in [1.807, 2.05) is 18.5 Å². The van der Waals surface area contributed by atoms with Crippen molar-refractivity contribution >= 4 is 5.91 Å². The molecule has 0 aliphatic carbocycles. The van der Waals surface area contributed by atoms with Crippen molar-refractivity contribution in [2.75, 3.05) is 13.1 Å². The number of nitrogens with one attached hydrogen (secondary N) is 1. The van der Waals surface area contributed by atoms with Gasteiger partial charge in [-0.3, -0.25) is 9.69 Å². The monoisotopic (exact) mass is 354 g/mol. The maximum absolute atomic E-state index is 12.7. The van der Waals surface area contributed by atoms with Crippen LogP contribution in [0, 0.1) is 0 Å². The Hall–Kier alpha value is -2.14. The molecule has 2 heterocycles. The molecule has 0 saturated carbocycles. The Morgan fingerprint density at radius 3 is 2.92 bits per heavy atom. The van der Waals surface area contributed by atoms with Crippen molar-refractivity contribution in [2.45, 2.75) is 58.2 Å². The summed E-state index contributed by atoms with van der Waals surface area (Å²) in [7, 11) is 0.